The standard InChI is InChI=1S/C9H12F3NO2S/c10-9(11,12)8(16(13,14)15)7-4-5-1-2-6(7)3-5/h1-2,5-8H,3-4H2,(H2,13,14,15). The summed E-state index contributed by atoms with van der Waals surface area (Å²) in [4.78, 5) is 0. The predicted molar refractivity (Wildman–Crippen MR) is 51.8 cm³/mol. The average Bonchev–Trinajstić information content (AvgIpc) is 2.58. The number of hydrogen-bond acceptors (Lipinski definition) is 2. The van der Waals surface area contributed by atoms with Crippen molar-refractivity contribution in [1.29, 1.82) is 0 Å². The van der Waals surface area contributed by atoms with Gasteiger partial charge in [0.1, 0.15) is 0 Å². The lowest BCUT2D eigenvalue weighted by Gasteiger charge is -2.28. The second-order valence-corrected chi connectivity index (χ2v) is 6.18. The highest BCUT2D eigenvalue weighted by molar-refractivity contribution is 7.89. The van der Waals surface area contributed by atoms with Crippen molar-refractivity contribution in [3.63, 3.8) is 0 Å². The molecular weight excluding hydrogens is 243 g/mol. The van der Waals surface area contributed by atoms with Crippen LogP contribution in [0.4, 0.5) is 13.2 Å². The Labute approximate surface area is 91.6 Å². The van der Waals surface area contributed by atoms with Gasteiger partial charge in [-0.15, -0.1) is 0 Å². The third-order valence-corrected chi connectivity index (χ3v) is 4.72. The molecule has 2 bridgehead atoms. The molecule has 16 heavy (non-hydrogen) atoms. The van der Waals surface area contributed by atoms with Crippen LogP contribution in [-0.4, -0.2) is 19.8 Å². The number of rotatable bonds is 2. The van der Waals surface area contributed by atoms with Crippen LogP contribution in [-0.2, 0) is 10.0 Å². The third kappa shape index (κ3) is 1.98. The third-order valence-electron chi connectivity index (χ3n) is 3.40. The summed E-state index contributed by atoms with van der Waals surface area (Å²) >= 11 is 0. The SMILES string of the molecule is NS(=O)(=O)C(C1CC2C=CC1C2)C(F)(F)F. The molecule has 0 aromatic rings. The Bertz CT molecular complexity index is 415. The van der Waals surface area contributed by atoms with Gasteiger partial charge in [-0.2, -0.15) is 13.2 Å². The molecule has 1 saturated carbocycles. The first-order valence-electron chi connectivity index (χ1n) is 4.96. The largest absolute Gasteiger partial charge is 0.407 e. The van der Waals surface area contributed by atoms with E-state index in [1.165, 1.54) is 0 Å². The fraction of sp³-hybridized carbons (Fsp3) is 0.778. The molecule has 0 heterocycles. The fourth-order valence-corrected chi connectivity index (χ4v) is 4.02. The molecule has 0 aromatic heterocycles. The van der Waals surface area contributed by atoms with Crippen LogP contribution >= 0.6 is 0 Å². The molecule has 0 aromatic carbocycles. The molecule has 2 aliphatic carbocycles. The number of hydrogen-bond donors (Lipinski definition) is 1. The lowest BCUT2D eigenvalue weighted by molar-refractivity contribution is -0.141. The van der Waals surface area contributed by atoms with E-state index in [-0.39, 0.29) is 18.3 Å². The van der Waals surface area contributed by atoms with Gasteiger partial charge in [0.15, 0.2) is 5.25 Å². The summed E-state index contributed by atoms with van der Waals surface area (Å²) in [7, 11) is -4.59. The number of allylic oxidation sites excluding steroid dienone is 2. The number of nitrogens with two attached hydrogens (primary N) is 1. The molecule has 4 atom stereocenters. The molecule has 0 saturated heterocycles. The highest BCUT2D eigenvalue weighted by Gasteiger charge is 2.56. The molecule has 0 radical (unpaired) electrons. The quantitative estimate of drug-likeness (QED) is 0.758. The highest BCUT2D eigenvalue weighted by atomic mass is 32.2. The summed E-state index contributed by atoms with van der Waals surface area (Å²) in [5.41, 5.74) is 0. The molecule has 0 aliphatic heterocycles. The van der Waals surface area contributed by atoms with E-state index in [9.17, 15) is 21.6 Å². The Morgan fingerprint density at radius 1 is 1.25 bits per heavy atom. The first-order valence-corrected chi connectivity index (χ1v) is 6.57. The second-order valence-electron chi connectivity index (χ2n) is 4.50. The molecular formula is C9H12F3NO2S. The molecule has 2 aliphatic rings. The van der Waals surface area contributed by atoms with Gasteiger partial charge in [-0.3, -0.25) is 0 Å². The van der Waals surface area contributed by atoms with Crippen LogP contribution in [0.25, 0.3) is 0 Å². The molecule has 2 N–H and O–H groups in total. The monoisotopic (exact) mass is 255 g/mol. The Hall–Kier alpha value is -0.560. The molecule has 92 valence electrons. The minimum Gasteiger partial charge on any atom is -0.228 e. The van der Waals surface area contributed by atoms with Crippen molar-refractivity contribution in [1.82, 2.24) is 0 Å². The van der Waals surface area contributed by atoms with Crippen molar-refractivity contribution >= 4 is 10.0 Å². The number of alkyl halides is 3. The van der Waals surface area contributed by atoms with E-state index in [1.54, 1.807) is 6.08 Å². The molecule has 3 nitrogen and oxygen atoms in total. The zero-order valence-corrected chi connectivity index (χ0v) is 9.13. The maximum Gasteiger partial charge on any atom is 0.407 e. The van der Waals surface area contributed by atoms with Gasteiger partial charge in [-0.25, -0.2) is 13.6 Å². The number of halogens is 3. The second kappa shape index (κ2) is 3.46. The lowest BCUT2D eigenvalue weighted by atomic mass is 9.90. The molecule has 2 rings (SSSR count). The Balaban J connectivity index is 2.32. The average molecular weight is 255 g/mol. The predicted octanol–water partition coefficient (Wildman–Crippen LogP) is 1.42. The van der Waals surface area contributed by atoms with Gasteiger partial charge in [0, 0.05) is 0 Å². The van der Waals surface area contributed by atoms with Crippen LogP contribution in [0.15, 0.2) is 12.2 Å². The van der Waals surface area contributed by atoms with Gasteiger partial charge in [0.05, 0.1) is 0 Å². The van der Waals surface area contributed by atoms with E-state index in [0.717, 1.165) is 0 Å². The van der Waals surface area contributed by atoms with Gasteiger partial charge < -0.3 is 0 Å². The zero-order chi connectivity index (χ0) is 12.1. The first kappa shape index (κ1) is 11.9. The van der Waals surface area contributed by atoms with Crippen LogP contribution in [0.1, 0.15) is 12.8 Å². The normalized spacial score (nSPS) is 35.6. The molecule has 1 fully saturated rings. The van der Waals surface area contributed by atoms with E-state index in [1.807, 2.05) is 6.08 Å². The maximum atomic E-state index is 12.7. The summed E-state index contributed by atoms with van der Waals surface area (Å²) in [6, 6.07) is 0. The number of primary sulfonamides is 1. The summed E-state index contributed by atoms with van der Waals surface area (Å²) in [6.07, 6.45) is -0.356. The van der Waals surface area contributed by atoms with Crippen molar-refractivity contribution in [3.05, 3.63) is 12.2 Å². The van der Waals surface area contributed by atoms with E-state index >= 15 is 0 Å². The highest BCUT2D eigenvalue weighted by Crippen LogP contribution is 2.49. The van der Waals surface area contributed by atoms with Gasteiger partial charge in [-0.1, -0.05) is 12.2 Å². The van der Waals surface area contributed by atoms with Crippen molar-refractivity contribution in [2.75, 3.05) is 0 Å². The van der Waals surface area contributed by atoms with Crippen LogP contribution < -0.4 is 5.14 Å². The number of sulfonamides is 1. The molecule has 0 spiro atoms. The molecule has 7 heteroatoms. The minimum absolute atomic E-state index is 0.0848. The summed E-state index contributed by atoms with van der Waals surface area (Å²) in [5.74, 6) is -1.12. The van der Waals surface area contributed by atoms with Crippen molar-refractivity contribution < 1.29 is 21.6 Å². The smallest absolute Gasteiger partial charge is 0.228 e. The van der Waals surface area contributed by atoms with Crippen LogP contribution in [0.3, 0.4) is 0 Å². The van der Waals surface area contributed by atoms with Crippen molar-refractivity contribution in [2.24, 2.45) is 22.9 Å². The van der Waals surface area contributed by atoms with Gasteiger partial charge in [0.25, 0.3) is 0 Å². The topological polar surface area (TPSA) is 60.2 Å². The molecule has 0 amide bonds. The Kier molecular flexibility index (Phi) is 2.58. The van der Waals surface area contributed by atoms with E-state index in [4.69, 9.17) is 5.14 Å². The maximum absolute atomic E-state index is 12.7. The van der Waals surface area contributed by atoms with Crippen molar-refractivity contribution in [2.45, 2.75) is 24.3 Å². The van der Waals surface area contributed by atoms with E-state index in [2.05, 4.69) is 0 Å². The fourth-order valence-electron chi connectivity index (χ4n) is 2.84. The summed E-state index contributed by atoms with van der Waals surface area (Å²) in [6.45, 7) is 0. The summed E-state index contributed by atoms with van der Waals surface area (Å²) in [5, 5.41) is 2.29. The van der Waals surface area contributed by atoms with Gasteiger partial charge in [0.2, 0.25) is 10.0 Å². The number of fused-ring (bicyclic) bond motifs is 2. The van der Waals surface area contributed by atoms with E-state index in [0.29, 0.717) is 6.42 Å². The Morgan fingerprint density at radius 2 is 1.88 bits per heavy atom. The first-order chi connectivity index (χ1) is 7.19. The molecule has 4 unspecified atom stereocenters. The van der Waals surface area contributed by atoms with Gasteiger partial charge in [-0.05, 0) is 30.6 Å². The zero-order valence-electron chi connectivity index (χ0n) is 8.31. The minimum atomic E-state index is -4.78. The van der Waals surface area contributed by atoms with Gasteiger partial charge >= 0.3 is 6.18 Å². The van der Waals surface area contributed by atoms with E-state index < -0.39 is 27.4 Å². The van der Waals surface area contributed by atoms with Crippen LogP contribution in [0.5, 0.6) is 0 Å². The van der Waals surface area contributed by atoms with Crippen LogP contribution in [0, 0.1) is 17.8 Å². The Morgan fingerprint density at radius 3 is 2.19 bits per heavy atom. The summed E-state index contributed by atoms with van der Waals surface area (Å²) < 4.78 is 60.3. The lowest BCUT2D eigenvalue weighted by Crippen LogP contribution is -2.47. The van der Waals surface area contributed by atoms with Crippen LogP contribution in [0.2, 0.25) is 0 Å². The van der Waals surface area contributed by atoms with Crippen molar-refractivity contribution in [3.8, 4) is 0 Å².